The van der Waals surface area contributed by atoms with E-state index < -0.39 is 0 Å². The number of aromatic amines is 1. The van der Waals surface area contributed by atoms with Crippen LogP contribution in [-0.4, -0.2) is 59.1 Å². The summed E-state index contributed by atoms with van der Waals surface area (Å²) in [6.45, 7) is 5.12. The molecule has 88 valence electrons. The SMILES string of the molecule is Cc1[nH]nc(N)c1C(=O)N1CCN(C)CC1. The fraction of sp³-hybridized carbons (Fsp3) is 0.600. The first kappa shape index (κ1) is 10.9. The largest absolute Gasteiger partial charge is 0.382 e. The average Bonchev–Trinajstić information content (AvgIpc) is 2.59. The van der Waals surface area contributed by atoms with Gasteiger partial charge < -0.3 is 15.5 Å². The molecule has 1 saturated heterocycles. The quantitative estimate of drug-likeness (QED) is 0.684. The molecule has 0 atom stereocenters. The Labute approximate surface area is 94.4 Å². The number of aromatic nitrogens is 2. The Morgan fingerprint density at radius 2 is 2.00 bits per heavy atom. The zero-order chi connectivity index (χ0) is 11.7. The zero-order valence-corrected chi connectivity index (χ0v) is 9.66. The van der Waals surface area contributed by atoms with Gasteiger partial charge in [0.2, 0.25) is 0 Å². The van der Waals surface area contributed by atoms with Crippen molar-refractivity contribution >= 4 is 11.7 Å². The lowest BCUT2D eigenvalue weighted by molar-refractivity contribution is 0.0664. The summed E-state index contributed by atoms with van der Waals surface area (Å²) >= 11 is 0. The van der Waals surface area contributed by atoms with E-state index in [1.54, 1.807) is 0 Å². The highest BCUT2D eigenvalue weighted by Crippen LogP contribution is 2.16. The van der Waals surface area contributed by atoms with Crippen molar-refractivity contribution in [1.29, 1.82) is 0 Å². The second-order valence-corrected chi connectivity index (χ2v) is 4.20. The number of H-pyrrole nitrogens is 1. The predicted octanol–water partition coefficient (Wildman–Crippen LogP) is -0.312. The number of nitrogens with two attached hydrogens (primary N) is 1. The van der Waals surface area contributed by atoms with Crippen LogP contribution in [0.5, 0.6) is 0 Å². The summed E-state index contributed by atoms with van der Waals surface area (Å²) in [6, 6.07) is 0. The highest BCUT2D eigenvalue weighted by Gasteiger charge is 2.24. The number of hydrogen-bond acceptors (Lipinski definition) is 4. The number of anilines is 1. The lowest BCUT2D eigenvalue weighted by Crippen LogP contribution is -2.47. The van der Waals surface area contributed by atoms with Gasteiger partial charge in [0, 0.05) is 31.9 Å². The van der Waals surface area contributed by atoms with E-state index in [1.165, 1.54) is 0 Å². The van der Waals surface area contributed by atoms with Crippen LogP contribution in [0.2, 0.25) is 0 Å². The maximum absolute atomic E-state index is 12.2. The monoisotopic (exact) mass is 223 g/mol. The first-order valence-electron chi connectivity index (χ1n) is 5.38. The Morgan fingerprint density at radius 3 is 2.50 bits per heavy atom. The number of aryl methyl sites for hydroxylation is 1. The summed E-state index contributed by atoms with van der Waals surface area (Å²) in [6.07, 6.45) is 0. The van der Waals surface area contributed by atoms with Crippen LogP contribution in [0.1, 0.15) is 16.1 Å². The molecular formula is C10H17N5O. The molecule has 0 unspecified atom stereocenters. The summed E-state index contributed by atoms with van der Waals surface area (Å²) in [7, 11) is 2.05. The standard InChI is InChI=1S/C10H17N5O/c1-7-8(9(11)13-12-7)10(16)15-5-3-14(2)4-6-15/h3-6H2,1-2H3,(H3,11,12,13). The van der Waals surface area contributed by atoms with Crippen LogP contribution in [-0.2, 0) is 0 Å². The Morgan fingerprint density at radius 1 is 1.38 bits per heavy atom. The van der Waals surface area contributed by atoms with Gasteiger partial charge in [-0.15, -0.1) is 0 Å². The molecule has 1 aromatic heterocycles. The van der Waals surface area contributed by atoms with Gasteiger partial charge in [-0.1, -0.05) is 0 Å². The van der Waals surface area contributed by atoms with E-state index in [2.05, 4.69) is 22.1 Å². The van der Waals surface area contributed by atoms with Crippen LogP contribution >= 0.6 is 0 Å². The van der Waals surface area contributed by atoms with Crippen molar-refractivity contribution in [3.8, 4) is 0 Å². The first-order chi connectivity index (χ1) is 7.59. The molecule has 2 rings (SSSR count). The molecule has 1 fully saturated rings. The second-order valence-electron chi connectivity index (χ2n) is 4.20. The summed E-state index contributed by atoms with van der Waals surface area (Å²) < 4.78 is 0. The summed E-state index contributed by atoms with van der Waals surface area (Å²) in [4.78, 5) is 16.2. The minimum Gasteiger partial charge on any atom is -0.382 e. The minimum absolute atomic E-state index is 0.0168. The molecule has 1 aromatic rings. The van der Waals surface area contributed by atoms with E-state index in [9.17, 15) is 4.79 Å². The number of carbonyl (C=O) groups excluding carboxylic acids is 1. The molecular weight excluding hydrogens is 206 g/mol. The molecule has 16 heavy (non-hydrogen) atoms. The molecule has 1 aliphatic heterocycles. The van der Waals surface area contributed by atoms with Crippen LogP contribution in [0.25, 0.3) is 0 Å². The van der Waals surface area contributed by atoms with Gasteiger partial charge in [-0.2, -0.15) is 5.10 Å². The van der Waals surface area contributed by atoms with E-state index in [-0.39, 0.29) is 5.91 Å². The number of nitrogen functional groups attached to an aromatic ring is 1. The van der Waals surface area contributed by atoms with Gasteiger partial charge in [-0.25, -0.2) is 0 Å². The Bertz CT molecular complexity index is 372. The van der Waals surface area contributed by atoms with Gasteiger partial charge >= 0.3 is 0 Å². The fourth-order valence-electron chi connectivity index (χ4n) is 1.89. The number of hydrogen-bond donors (Lipinski definition) is 2. The molecule has 0 bridgehead atoms. The highest BCUT2D eigenvalue weighted by molar-refractivity contribution is 5.99. The van der Waals surface area contributed by atoms with E-state index in [1.807, 2.05) is 11.8 Å². The summed E-state index contributed by atoms with van der Waals surface area (Å²) in [5, 5.41) is 6.57. The number of amides is 1. The lowest BCUT2D eigenvalue weighted by atomic mass is 10.2. The van der Waals surface area contributed by atoms with Crippen molar-refractivity contribution < 1.29 is 4.79 Å². The van der Waals surface area contributed by atoms with Crippen molar-refractivity contribution in [3.63, 3.8) is 0 Å². The minimum atomic E-state index is -0.0168. The predicted molar refractivity (Wildman–Crippen MR) is 61.1 cm³/mol. The number of rotatable bonds is 1. The number of carbonyl (C=O) groups is 1. The number of nitrogens with zero attached hydrogens (tertiary/aromatic N) is 3. The Balaban J connectivity index is 2.14. The smallest absolute Gasteiger partial charge is 0.259 e. The van der Waals surface area contributed by atoms with E-state index >= 15 is 0 Å². The number of likely N-dealkylation sites (N-methyl/N-ethyl adjacent to an activating group) is 1. The van der Waals surface area contributed by atoms with E-state index in [0.717, 1.165) is 31.9 Å². The highest BCUT2D eigenvalue weighted by atomic mass is 16.2. The maximum Gasteiger partial charge on any atom is 0.259 e. The fourth-order valence-corrected chi connectivity index (χ4v) is 1.89. The molecule has 1 aliphatic rings. The van der Waals surface area contributed by atoms with Gasteiger partial charge in [0.05, 0.1) is 0 Å². The van der Waals surface area contributed by atoms with Gasteiger partial charge in [-0.05, 0) is 14.0 Å². The third-order valence-electron chi connectivity index (χ3n) is 2.98. The van der Waals surface area contributed by atoms with Gasteiger partial charge in [0.1, 0.15) is 5.56 Å². The molecule has 2 heterocycles. The topological polar surface area (TPSA) is 78.2 Å². The van der Waals surface area contributed by atoms with Crippen LogP contribution < -0.4 is 5.73 Å². The summed E-state index contributed by atoms with van der Waals surface area (Å²) in [5.74, 6) is 0.276. The average molecular weight is 223 g/mol. The zero-order valence-electron chi connectivity index (χ0n) is 9.66. The number of nitrogens with one attached hydrogen (secondary N) is 1. The Kier molecular flexibility index (Phi) is 2.82. The molecule has 3 N–H and O–H groups in total. The third-order valence-corrected chi connectivity index (χ3v) is 2.98. The molecule has 6 heteroatoms. The second kappa shape index (κ2) is 4.13. The molecule has 0 aromatic carbocycles. The molecule has 0 radical (unpaired) electrons. The lowest BCUT2D eigenvalue weighted by Gasteiger charge is -2.32. The maximum atomic E-state index is 12.2. The van der Waals surface area contributed by atoms with Gasteiger partial charge in [0.25, 0.3) is 5.91 Å². The molecule has 0 saturated carbocycles. The normalized spacial score (nSPS) is 17.8. The van der Waals surface area contributed by atoms with Gasteiger partial charge in [0.15, 0.2) is 5.82 Å². The van der Waals surface area contributed by atoms with E-state index in [4.69, 9.17) is 5.73 Å². The number of piperazine rings is 1. The van der Waals surface area contributed by atoms with Crippen LogP contribution in [0.4, 0.5) is 5.82 Å². The van der Waals surface area contributed by atoms with Crippen LogP contribution in [0.3, 0.4) is 0 Å². The Hall–Kier alpha value is -1.56. The molecule has 0 aliphatic carbocycles. The molecule has 1 amide bonds. The van der Waals surface area contributed by atoms with Crippen molar-refractivity contribution in [2.45, 2.75) is 6.92 Å². The third kappa shape index (κ3) is 1.88. The van der Waals surface area contributed by atoms with E-state index in [0.29, 0.717) is 11.4 Å². The first-order valence-corrected chi connectivity index (χ1v) is 5.38. The molecule has 6 nitrogen and oxygen atoms in total. The van der Waals surface area contributed by atoms with Crippen molar-refractivity contribution in [2.75, 3.05) is 39.0 Å². The molecule has 0 spiro atoms. The summed E-state index contributed by atoms with van der Waals surface area (Å²) in [5.41, 5.74) is 6.93. The van der Waals surface area contributed by atoms with Crippen molar-refractivity contribution in [1.82, 2.24) is 20.0 Å². The van der Waals surface area contributed by atoms with Crippen molar-refractivity contribution in [2.24, 2.45) is 0 Å². The van der Waals surface area contributed by atoms with Crippen LogP contribution in [0.15, 0.2) is 0 Å². The van der Waals surface area contributed by atoms with Crippen LogP contribution in [0, 0.1) is 6.92 Å². The van der Waals surface area contributed by atoms with Gasteiger partial charge in [-0.3, -0.25) is 9.89 Å². The van der Waals surface area contributed by atoms with Crippen molar-refractivity contribution in [3.05, 3.63) is 11.3 Å².